The highest BCUT2D eigenvalue weighted by Crippen LogP contribution is 2.34. The summed E-state index contributed by atoms with van der Waals surface area (Å²) in [5, 5.41) is 56.2. The van der Waals surface area contributed by atoms with Crippen molar-refractivity contribution in [3.05, 3.63) is 34.4 Å². The highest BCUT2D eigenvalue weighted by atomic mass is 14.9. The largest absolute Gasteiger partial charge is 0.234 e. The maximum atomic E-state index is 9.56. The van der Waals surface area contributed by atoms with Gasteiger partial charge in [0.1, 0.15) is 58.5 Å². The Labute approximate surface area is 165 Å². The molecule has 0 bridgehead atoms. The Kier molecular flexibility index (Phi) is 3.76. The Morgan fingerprint density at radius 3 is 1.00 bits per heavy atom. The van der Waals surface area contributed by atoms with Crippen LogP contribution in [0.25, 0.3) is 32.8 Å². The van der Waals surface area contributed by atoms with Crippen LogP contribution < -0.4 is 0 Å². The molecule has 3 aromatic heterocycles. The molecule has 0 radical (unpaired) electrons. The molecule has 30 heavy (non-hydrogen) atoms. The summed E-state index contributed by atoms with van der Waals surface area (Å²) < 4.78 is 0. The topological polar surface area (TPSA) is 220 Å². The summed E-state index contributed by atoms with van der Waals surface area (Å²) >= 11 is 0. The van der Waals surface area contributed by atoms with Crippen molar-refractivity contribution in [2.45, 2.75) is 0 Å². The van der Waals surface area contributed by atoms with Gasteiger partial charge in [0.15, 0.2) is 22.8 Å². The number of nitrogens with zero attached hydrogens (tertiary/aromatic N) is 12. The van der Waals surface area contributed by atoms with Gasteiger partial charge in [0, 0.05) is 0 Å². The summed E-state index contributed by atoms with van der Waals surface area (Å²) in [6.07, 6.45) is 0. The maximum absolute atomic E-state index is 9.56. The average molecular weight is 384 g/mol. The number of aromatic nitrogens is 6. The van der Waals surface area contributed by atoms with E-state index in [0.29, 0.717) is 0 Å². The molecule has 4 aromatic rings. The molecular formula is C18N12. The Morgan fingerprint density at radius 1 is 0.367 bits per heavy atom. The number of fused-ring (bicyclic) bond motifs is 6. The van der Waals surface area contributed by atoms with Crippen LogP contribution in [0.2, 0.25) is 0 Å². The van der Waals surface area contributed by atoms with E-state index in [9.17, 15) is 31.6 Å². The zero-order chi connectivity index (χ0) is 21.4. The van der Waals surface area contributed by atoms with E-state index in [4.69, 9.17) is 0 Å². The molecule has 132 valence electrons. The Hall–Kier alpha value is -5.82. The molecule has 4 rings (SSSR count). The van der Waals surface area contributed by atoms with Crippen molar-refractivity contribution < 1.29 is 0 Å². The minimum Gasteiger partial charge on any atom is -0.232 e. The molecule has 0 saturated heterocycles. The third kappa shape index (κ3) is 2.27. The molecule has 0 spiro atoms. The molecule has 0 saturated carbocycles. The van der Waals surface area contributed by atoms with Crippen LogP contribution in [0.15, 0.2) is 0 Å². The van der Waals surface area contributed by atoms with Crippen LogP contribution in [0.5, 0.6) is 0 Å². The molecule has 0 aliphatic rings. The maximum Gasteiger partial charge on any atom is 0.234 e. The first-order valence-electron chi connectivity index (χ1n) is 7.77. The number of nitriles is 6. The van der Waals surface area contributed by atoms with Gasteiger partial charge in [-0.15, -0.1) is 0 Å². The lowest BCUT2D eigenvalue weighted by molar-refractivity contribution is 1.11. The molecule has 3 heterocycles. The van der Waals surface area contributed by atoms with Gasteiger partial charge in [0.25, 0.3) is 0 Å². The molecule has 1 aromatic carbocycles. The van der Waals surface area contributed by atoms with E-state index < -0.39 is 0 Å². The lowest BCUT2D eigenvalue weighted by Gasteiger charge is -2.10. The molecule has 0 N–H and O–H groups in total. The monoisotopic (exact) mass is 384 g/mol. The number of hydrogen-bond donors (Lipinski definition) is 0. The van der Waals surface area contributed by atoms with Crippen LogP contribution in [0.1, 0.15) is 34.4 Å². The van der Waals surface area contributed by atoms with Crippen molar-refractivity contribution in [3.8, 4) is 36.4 Å². The first-order chi connectivity index (χ1) is 14.6. The first kappa shape index (κ1) is 17.6. The molecule has 0 fully saturated rings. The van der Waals surface area contributed by atoms with Crippen LogP contribution >= 0.6 is 0 Å². The van der Waals surface area contributed by atoms with Crippen LogP contribution in [0.4, 0.5) is 0 Å². The van der Waals surface area contributed by atoms with Crippen molar-refractivity contribution >= 4 is 32.8 Å². The van der Waals surface area contributed by atoms with Gasteiger partial charge in [-0.3, -0.25) is 0 Å². The summed E-state index contributed by atoms with van der Waals surface area (Å²) in [5.41, 5.74) is -1.29. The average Bonchev–Trinajstić information content (AvgIpc) is 2.81. The summed E-state index contributed by atoms with van der Waals surface area (Å²) in [5.74, 6) is -0.699. The zero-order valence-corrected chi connectivity index (χ0v) is 14.4. The lowest BCUT2D eigenvalue weighted by atomic mass is 10.0. The van der Waals surface area contributed by atoms with Crippen molar-refractivity contribution in [1.82, 2.24) is 29.9 Å². The predicted octanol–water partition coefficient (Wildman–Crippen LogP) is 0.746. The van der Waals surface area contributed by atoms with Crippen molar-refractivity contribution in [1.29, 1.82) is 31.6 Å². The van der Waals surface area contributed by atoms with Crippen molar-refractivity contribution in [2.75, 3.05) is 0 Å². The van der Waals surface area contributed by atoms with Gasteiger partial charge in [-0.1, -0.05) is 0 Å². The number of hydrogen-bond acceptors (Lipinski definition) is 12. The lowest BCUT2D eigenvalue weighted by Crippen LogP contribution is -2.05. The van der Waals surface area contributed by atoms with E-state index >= 15 is 0 Å². The van der Waals surface area contributed by atoms with E-state index in [0.717, 1.165) is 0 Å². The second-order valence-corrected chi connectivity index (χ2v) is 5.53. The molecule has 12 nitrogen and oxygen atoms in total. The van der Waals surface area contributed by atoms with Gasteiger partial charge >= 0.3 is 0 Å². The van der Waals surface area contributed by atoms with E-state index in [1.165, 1.54) is 0 Å². The van der Waals surface area contributed by atoms with Gasteiger partial charge in [-0.05, 0) is 0 Å². The minimum atomic E-state index is -0.350. The summed E-state index contributed by atoms with van der Waals surface area (Å²) in [4.78, 5) is 24.1. The fourth-order valence-electron chi connectivity index (χ4n) is 2.91. The summed E-state index contributed by atoms with van der Waals surface area (Å²) in [7, 11) is 0. The van der Waals surface area contributed by atoms with Gasteiger partial charge < -0.3 is 0 Å². The van der Waals surface area contributed by atoms with Crippen molar-refractivity contribution in [3.63, 3.8) is 0 Å². The van der Waals surface area contributed by atoms with Crippen LogP contribution in [-0.4, -0.2) is 29.9 Å². The highest BCUT2D eigenvalue weighted by Gasteiger charge is 2.24. The Morgan fingerprint density at radius 2 is 0.700 bits per heavy atom. The van der Waals surface area contributed by atoms with Crippen molar-refractivity contribution in [2.24, 2.45) is 0 Å². The molecule has 12 heteroatoms. The van der Waals surface area contributed by atoms with E-state index in [-0.39, 0.29) is 67.3 Å². The number of benzene rings is 1. The fourth-order valence-corrected chi connectivity index (χ4v) is 2.91. The van der Waals surface area contributed by atoms with E-state index in [1.807, 2.05) is 12.1 Å². The highest BCUT2D eigenvalue weighted by molar-refractivity contribution is 6.22. The quantitative estimate of drug-likeness (QED) is 0.383. The van der Waals surface area contributed by atoms with E-state index in [1.54, 1.807) is 24.3 Å². The SMILES string of the molecule is N#Cc1nc(C#N)c2c(n1)c1nc(C#N)nc(C#N)c1c1nc(C#N)c(C#N)nc12. The molecular weight excluding hydrogens is 384 g/mol. The molecule has 0 amide bonds. The zero-order valence-electron chi connectivity index (χ0n) is 14.4. The molecule has 0 atom stereocenters. The molecule has 0 unspecified atom stereocenters. The second-order valence-electron chi connectivity index (χ2n) is 5.53. The van der Waals surface area contributed by atoms with Crippen LogP contribution in [-0.2, 0) is 0 Å². The van der Waals surface area contributed by atoms with Crippen LogP contribution in [0.3, 0.4) is 0 Å². The van der Waals surface area contributed by atoms with Gasteiger partial charge in [-0.25, -0.2) is 29.9 Å². The number of rotatable bonds is 0. The fraction of sp³-hybridized carbons (Fsp3) is 0. The third-order valence-corrected chi connectivity index (χ3v) is 4.04. The smallest absolute Gasteiger partial charge is 0.232 e. The first-order valence-corrected chi connectivity index (χ1v) is 7.77. The van der Waals surface area contributed by atoms with Gasteiger partial charge in [-0.2, -0.15) is 31.6 Å². The summed E-state index contributed by atoms with van der Waals surface area (Å²) in [6.45, 7) is 0. The minimum absolute atomic E-state index is 0.0129. The van der Waals surface area contributed by atoms with Gasteiger partial charge in [0.2, 0.25) is 11.6 Å². The molecule has 0 aliphatic heterocycles. The van der Waals surface area contributed by atoms with Crippen LogP contribution in [0, 0.1) is 68.0 Å². The third-order valence-electron chi connectivity index (χ3n) is 4.04. The standard InChI is InChI=1S/C18N12/c19-1-7-8(2-20)28-16-14-10(4-22)26-12(6-24)30-18(14)17-13(15(16)27-7)9(3-21)25-11(5-23)29-17. The predicted molar refractivity (Wildman–Crippen MR) is 94.0 cm³/mol. The normalized spacial score (nSPS) is 9.80. The van der Waals surface area contributed by atoms with Gasteiger partial charge in [0.05, 0.1) is 10.8 Å². The Balaban J connectivity index is 2.50. The second kappa shape index (κ2) is 6.41. The molecule has 0 aliphatic carbocycles. The summed E-state index contributed by atoms with van der Waals surface area (Å²) in [6, 6.07) is 10.6. The van der Waals surface area contributed by atoms with E-state index in [2.05, 4.69) is 29.9 Å². The Bertz CT molecular complexity index is 1560.